The second-order valence-corrected chi connectivity index (χ2v) is 12.0. The minimum atomic E-state index is -4.75. The van der Waals surface area contributed by atoms with E-state index in [4.69, 9.17) is 4.74 Å². The molecule has 0 radical (unpaired) electrons. The maximum atomic E-state index is 14.5. The average molecular weight is 621 g/mol. The molecule has 3 heterocycles. The van der Waals surface area contributed by atoms with E-state index in [1.54, 1.807) is 6.07 Å². The van der Waals surface area contributed by atoms with Crippen LogP contribution in [0.2, 0.25) is 0 Å². The number of aromatic nitrogens is 2. The van der Waals surface area contributed by atoms with Crippen molar-refractivity contribution in [3.05, 3.63) is 93.3 Å². The van der Waals surface area contributed by atoms with Gasteiger partial charge in [0.1, 0.15) is 11.5 Å². The van der Waals surface area contributed by atoms with Gasteiger partial charge < -0.3 is 14.3 Å². The molecule has 5 rings (SSSR count). The fourth-order valence-electron chi connectivity index (χ4n) is 5.13. The van der Waals surface area contributed by atoms with Gasteiger partial charge in [-0.2, -0.15) is 13.2 Å². The van der Waals surface area contributed by atoms with Crippen LogP contribution in [0, 0.1) is 12.7 Å². The maximum Gasteiger partial charge on any atom is 0.416 e. The van der Waals surface area contributed by atoms with Gasteiger partial charge in [0.2, 0.25) is 10.0 Å². The van der Waals surface area contributed by atoms with Gasteiger partial charge in [-0.25, -0.2) is 17.5 Å². The first-order valence-corrected chi connectivity index (χ1v) is 15.0. The van der Waals surface area contributed by atoms with E-state index < -0.39 is 44.8 Å². The zero-order valence-electron chi connectivity index (χ0n) is 23.0. The molecule has 2 N–H and O–H groups in total. The van der Waals surface area contributed by atoms with Crippen LogP contribution in [-0.4, -0.2) is 67.4 Å². The number of H-pyrrole nitrogens is 1. The number of pyridine rings is 1. The first kappa shape index (κ1) is 30.4. The van der Waals surface area contributed by atoms with E-state index in [-0.39, 0.29) is 46.4 Å². The number of morpholine rings is 1. The van der Waals surface area contributed by atoms with Crippen molar-refractivity contribution in [2.75, 3.05) is 38.6 Å². The molecule has 2 aromatic heterocycles. The summed E-state index contributed by atoms with van der Waals surface area (Å²) in [6.45, 7) is 3.36. The van der Waals surface area contributed by atoms with Gasteiger partial charge in [-0.3, -0.25) is 14.5 Å². The van der Waals surface area contributed by atoms with Crippen LogP contribution in [0.5, 0.6) is 0 Å². The van der Waals surface area contributed by atoms with Gasteiger partial charge in [0, 0.05) is 54.4 Å². The molecule has 0 saturated carbocycles. The molecule has 43 heavy (non-hydrogen) atoms. The molecule has 0 aliphatic carbocycles. The molecule has 0 bridgehead atoms. The number of benzene rings is 2. The van der Waals surface area contributed by atoms with Crippen LogP contribution in [0.1, 0.15) is 27.2 Å². The number of nitrogens with one attached hydrogen (secondary N) is 2. The molecule has 228 valence electrons. The highest BCUT2D eigenvalue weighted by molar-refractivity contribution is 7.90. The summed E-state index contributed by atoms with van der Waals surface area (Å²) in [5, 5.41) is -0.101. The lowest BCUT2D eigenvalue weighted by molar-refractivity contribution is -0.137. The van der Waals surface area contributed by atoms with Crippen LogP contribution in [0.4, 0.5) is 17.6 Å². The number of fused-ring (bicyclic) bond motifs is 1. The first-order chi connectivity index (χ1) is 20.4. The van der Waals surface area contributed by atoms with E-state index in [0.29, 0.717) is 31.9 Å². The van der Waals surface area contributed by atoms with Crippen molar-refractivity contribution in [2.45, 2.75) is 19.6 Å². The number of carbonyl (C=O) groups is 1. The minimum Gasteiger partial charge on any atom is -0.379 e. The molecule has 14 heteroatoms. The predicted octanol–water partition coefficient (Wildman–Crippen LogP) is 3.90. The molecule has 0 unspecified atom stereocenters. The van der Waals surface area contributed by atoms with E-state index >= 15 is 0 Å². The van der Waals surface area contributed by atoms with Gasteiger partial charge in [0.25, 0.3) is 11.5 Å². The Hall–Kier alpha value is -4.01. The Kier molecular flexibility index (Phi) is 8.45. The third-order valence-corrected chi connectivity index (χ3v) is 8.65. The van der Waals surface area contributed by atoms with Crippen LogP contribution in [-0.2, 0) is 27.5 Å². The number of hydrogen-bond donors (Lipinski definition) is 2. The number of sulfonamides is 1. The van der Waals surface area contributed by atoms with E-state index in [2.05, 4.69) is 4.98 Å². The zero-order chi connectivity index (χ0) is 30.9. The van der Waals surface area contributed by atoms with Crippen molar-refractivity contribution in [3.63, 3.8) is 0 Å². The molecular formula is C29H28F4N4O5S. The number of halogens is 4. The van der Waals surface area contributed by atoms with Crippen molar-refractivity contribution in [2.24, 2.45) is 0 Å². The Morgan fingerprint density at radius 2 is 1.84 bits per heavy atom. The number of ether oxygens (including phenoxy) is 1. The topological polar surface area (TPSA) is 114 Å². The van der Waals surface area contributed by atoms with E-state index in [0.717, 1.165) is 18.2 Å². The molecule has 1 aliphatic heterocycles. The summed E-state index contributed by atoms with van der Waals surface area (Å²) < 4.78 is 90.7. The Balaban J connectivity index is 1.69. The van der Waals surface area contributed by atoms with Crippen molar-refractivity contribution >= 4 is 26.8 Å². The summed E-state index contributed by atoms with van der Waals surface area (Å²) >= 11 is 0. The fourth-order valence-corrected chi connectivity index (χ4v) is 6.11. The third kappa shape index (κ3) is 6.50. The van der Waals surface area contributed by atoms with Crippen molar-refractivity contribution in [1.82, 2.24) is 19.2 Å². The smallest absolute Gasteiger partial charge is 0.379 e. The van der Waals surface area contributed by atoms with Gasteiger partial charge in [0.05, 0.1) is 24.5 Å². The number of alkyl halides is 3. The van der Waals surface area contributed by atoms with E-state index in [9.17, 15) is 35.6 Å². The number of carbonyl (C=O) groups excluding carboxylic acids is 1. The molecule has 0 spiro atoms. The lowest BCUT2D eigenvalue weighted by Crippen LogP contribution is -2.42. The summed E-state index contributed by atoms with van der Waals surface area (Å²) in [7, 11) is -4.23. The highest BCUT2D eigenvalue weighted by Crippen LogP contribution is 2.39. The van der Waals surface area contributed by atoms with Gasteiger partial charge >= 0.3 is 6.18 Å². The van der Waals surface area contributed by atoms with Gasteiger partial charge in [-0.1, -0.05) is 12.1 Å². The second kappa shape index (κ2) is 11.9. The summed E-state index contributed by atoms with van der Waals surface area (Å²) in [5.41, 5.74) is -1.66. The largest absolute Gasteiger partial charge is 0.416 e. The normalized spacial score (nSPS) is 14.7. The lowest BCUT2D eigenvalue weighted by Gasteiger charge is -2.26. The summed E-state index contributed by atoms with van der Waals surface area (Å²) in [6, 6.07) is 9.84. The Morgan fingerprint density at radius 3 is 2.53 bits per heavy atom. The number of amides is 1. The molecule has 1 aliphatic rings. The SMILES string of the molecule is Cc1c(F)cccc1Cn1c(C(=O)NS(=O)(=O)CCN2CCOCC2)c(-c2ccc[nH]c2=O)c2cc(C(F)(F)F)ccc21. The molecule has 1 saturated heterocycles. The van der Waals surface area contributed by atoms with Crippen molar-refractivity contribution in [3.8, 4) is 11.1 Å². The summed E-state index contributed by atoms with van der Waals surface area (Å²) in [5.74, 6) is -2.11. The van der Waals surface area contributed by atoms with Crippen LogP contribution < -0.4 is 10.3 Å². The van der Waals surface area contributed by atoms with Crippen LogP contribution in [0.3, 0.4) is 0 Å². The van der Waals surface area contributed by atoms with Crippen LogP contribution in [0.15, 0.2) is 59.5 Å². The van der Waals surface area contributed by atoms with Crippen molar-refractivity contribution in [1.29, 1.82) is 0 Å². The molecular weight excluding hydrogens is 592 g/mol. The number of hydrogen-bond acceptors (Lipinski definition) is 6. The quantitative estimate of drug-likeness (QED) is 0.289. The Morgan fingerprint density at radius 1 is 1.09 bits per heavy atom. The summed E-state index contributed by atoms with van der Waals surface area (Å²) in [6.07, 6.45) is -3.43. The predicted molar refractivity (Wildman–Crippen MR) is 152 cm³/mol. The van der Waals surface area contributed by atoms with Gasteiger partial charge in [0.15, 0.2) is 0 Å². The number of rotatable bonds is 8. The standard InChI is InChI=1S/C29H28F4N4O5S/c1-18-19(4-2-6-23(18)30)17-37-24-8-7-20(29(31,32)33)16-22(24)25(21-5-3-9-34-27(21)38)26(37)28(39)35-43(40,41)15-12-36-10-13-42-14-11-36/h2-9,16H,10-15,17H2,1H3,(H,34,38)(H,35,39). The van der Waals surface area contributed by atoms with E-state index in [1.165, 1.54) is 42.0 Å². The monoisotopic (exact) mass is 620 g/mol. The highest BCUT2D eigenvalue weighted by atomic mass is 32.2. The first-order valence-electron chi connectivity index (χ1n) is 13.4. The molecule has 2 aromatic carbocycles. The van der Waals surface area contributed by atoms with Gasteiger partial charge in [-0.05, 0) is 54.4 Å². The summed E-state index contributed by atoms with van der Waals surface area (Å²) in [4.78, 5) is 31.1. The Bertz CT molecular complexity index is 1840. The number of nitrogens with zero attached hydrogens (tertiary/aromatic N) is 2. The third-order valence-electron chi connectivity index (χ3n) is 7.43. The van der Waals surface area contributed by atoms with E-state index in [1.807, 2.05) is 9.62 Å². The number of aromatic amines is 1. The fraction of sp³-hybridized carbons (Fsp3) is 0.310. The second-order valence-electron chi connectivity index (χ2n) is 10.2. The molecule has 9 nitrogen and oxygen atoms in total. The van der Waals surface area contributed by atoms with Crippen molar-refractivity contribution < 1.29 is 35.5 Å². The van der Waals surface area contributed by atoms with Gasteiger partial charge in [-0.15, -0.1) is 0 Å². The highest BCUT2D eigenvalue weighted by Gasteiger charge is 2.34. The molecule has 1 amide bonds. The van der Waals surface area contributed by atoms with Crippen LogP contribution in [0.25, 0.3) is 22.0 Å². The lowest BCUT2D eigenvalue weighted by atomic mass is 10.0. The molecule has 0 atom stereocenters. The minimum absolute atomic E-state index is 0.101. The van der Waals surface area contributed by atoms with Crippen LogP contribution >= 0.6 is 0 Å². The molecule has 1 fully saturated rings. The maximum absolute atomic E-state index is 14.5. The Labute approximate surface area is 244 Å². The average Bonchev–Trinajstić information content (AvgIpc) is 3.28. The molecule has 4 aromatic rings. The zero-order valence-corrected chi connectivity index (χ0v) is 23.8.